The highest BCUT2D eigenvalue weighted by molar-refractivity contribution is 5.20. The molecule has 1 unspecified atom stereocenters. The summed E-state index contributed by atoms with van der Waals surface area (Å²) in [6.45, 7) is 4.51. The molecule has 0 aliphatic heterocycles. The van der Waals surface area contributed by atoms with Crippen LogP contribution in [0.5, 0.6) is 5.75 Å². The van der Waals surface area contributed by atoms with Crippen LogP contribution in [0.15, 0.2) is 30.3 Å². The smallest absolute Gasteiger partial charge is 0.137 e. The average Bonchev–Trinajstić information content (AvgIpc) is 2.67. The molecule has 0 bridgehead atoms. The molecular weight excluding hydrogens is 382 g/mol. The number of aliphatic hydroxyl groups excluding tert-OH is 1. The number of benzene rings is 1. The van der Waals surface area contributed by atoms with Gasteiger partial charge in [0.1, 0.15) is 25.0 Å². The summed E-state index contributed by atoms with van der Waals surface area (Å²) < 4.78 is 6.53. The zero-order chi connectivity index (χ0) is 20.5. The van der Waals surface area contributed by atoms with Gasteiger partial charge in [-0.15, -0.1) is 0 Å². The lowest BCUT2D eigenvalue weighted by Gasteiger charge is -2.31. The van der Waals surface area contributed by atoms with Crippen LogP contribution in [0, 0.1) is 0 Å². The van der Waals surface area contributed by atoms with Gasteiger partial charge in [0.05, 0.1) is 20.6 Å². The van der Waals surface area contributed by atoms with Crippen molar-refractivity contribution in [3.63, 3.8) is 0 Å². The lowest BCUT2D eigenvalue weighted by atomic mass is 10.1. The van der Waals surface area contributed by atoms with Crippen LogP contribution in [0.3, 0.4) is 0 Å². The van der Waals surface area contributed by atoms with Gasteiger partial charge < -0.3 is 26.7 Å². The molecule has 0 spiro atoms. The summed E-state index contributed by atoms with van der Waals surface area (Å²) in [6.07, 6.45) is 16.2. The van der Waals surface area contributed by atoms with E-state index in [2.05, 4.69) is 21.0 Å². The highest BCUT2D eigenvalue weighted by Gasteiger charge is 2.20. The monoisotopic (exact) mass is 427 g/mol. The molecule has 0 amide bonds. The van der Waals surface area contributed by atoms with Crippen molar-refractivity contribution in [2.45, 2.75) is 90.1 Å². The SMILES string of the molecule is CCCCCCCCCCCCCC[N+](C)(C)CC(O)COc1ccccc1.[Cl-]. The van der Waals surface area contributed by atoms with Crippen molar-refractivity contribution in [1.29, 1.82) is 0 Å². The molecule has 3 nitrogen and oxygen atoms in total. The molecule has 1 aromatic carbocycles. The Morgan fingerprint density at radius 3 is 1.79 bits per heavy atom. The van der Waals surface area contributed by atoms with Gasteiger partial charge in [0.2, 0.25) is 0 Å². The summed E-state index contributed by atoms with van der Waals surface area (Å²) >= 11 is 0. The molecule has 0 saturated heterocycles. The van der Waals surface area contributed by atoms with E-state index >= 15 is 0 Å². The van der Waals surface area contributed by atoms with Crippen LogP contribution in [-0.4, -0.2) is 49.5 Å². The van der Waals surface area contributed by atoms with Crippen LogP contribution in [0.2, 0.25) is 0 Å². The fraction of sp³-hybridized carbons (Fsp3) is 0.760. The molecule has 0 radical (unpaired) electrons. The number of nitrogens with zero attached hydrogens (tertiary/aromatic N) is 1. The maximum Gasteiger partial charge on any atom is 0.137 e. The summed E-state index contributed by atoms with van der Waals surface area (Å²) in [5, 5.41) is 10.3. The van der Waals surface area contributed by atoms with E-state index < -0.39 is 6.10 Å². The lowest BCUT2D eigenvalue weighted by Crippen LogP contribution is -3.00. The number of hydrogen-bond acceptors (Lipinski definition) is 2. The Labute approximate surface area is 186 Å². The third-order valence-corrected chi connectivity index (χ3v) is 5.51. The van der Waals surface area contributed by atoms with E-state index in [1.165, 1.54) is 77.0 Å². The third kappa shape index (κ3) is 16.7. The van der Waals surface area contributed by atoms with Gasteiger partial charge in [0.15, 0.2) is 0 Å². The maximum atomic E-state index is 10.3. The standard InChI is InChI=1S/C25H46NO2.ClH/c1-4-5-6-7-8-9-10-11-12-13-14-18-21-26(2,3)22-24(27)23-28-25-19-16-15-17-20-25;/h15-17,19-20,24,27H,4-14,18,21-23H2,1-3H3;1H/q+1;/p-1. The predicted molar refractivity (Wildman–Crippen MR) is 121 cm³/mol. The Morgan fingerprint density at radius 2 is 1.28 bits per heavy atom. The van der Waals surface area contributed by atoms with E-state index in [1.54, 1.807) is 0 Å². The number of rotatable bonds is 18. The van der Waals surface area contributed by atoms with Gasteiger partial charge in [-0.25, -0.2) is 0 Å². The molecule has 0 saturated carbocycles. The van der Waals surface area contributed by atoms with Gasteiger partial charge in [-0.2, -0.15) is 0 Å². The normalized spacial score (nSPS) is 12.4. The number of aliphatic hydroxyl groups is 1. The molecule has 0 fully saturated rings. The van der Waals surface area contributed by atoms with Gasteiger partial charge in [0.25, 0.3) is 0 Å². The number of unbranched alkanes of at least 4 members (excludes halogenated alkanes) is 11. The van der Waals surface area contributed by atoms with E-state index in [-0.39, 0.29) is 12.4 Å². The second-order valence-corrected chi connectivity index (χ2v) is 9.01. The topological polar surface area (TPSA) is 29.5 Å². The molecule has 170 valence electrons. The molecular formula is C25H46ClNO2. The van der Waals surface area contributed by atoms with Crippen LogP contribution < -0.4 is 17.1 Å². The second kappa shape index (κ2) is 18.0. The fourth-order valence-corrected chi connectivity index (χ4v) is 3.80. The van der Waals surface area contributed by atoms with E-state index in [0.29, 0.717) is 6.61 Å². The van der Waals surface area contributed by atoms with Crippen molar-refractivity contribution in [3.05, 3.63) is 30.3 Å². The zero-order valence-corrected chi connectivity index (χ0v) is 20.0. The molecule has 1 atom stereocenters. The summed E-state index contributed by atoms with van der Waals surface area (Å²) in [5.41, 5.74) is 0. The molecule has 0 aromatic heterocycles. The van der Waals surface area contributed by atoms with Crippen molar-refractivity contribution >= 4 is 0 Å². The minimum Gasteiger partial charge on any atom is -1.00 e. The zero-order valence-electron chi connectivity index (χ0n) is 19.3. The Kier molecular flexibility index (Phi) is 17.6. The van der Waals surface area contributed by atoms with Crippen molar-refractivity contribution in [3.8, 4) is 5.75 Å². The van der Waals surface area contributed by atoms with Gasteiger partial charge in [-0.3, -0.25) is 0 Å². The van der Waals surface area contributed by atoms with Crippen LogP contribution >= 0.6 is 0 Å². The van der Waals surface area contributed by atoms with Crippen LogP contribution in [0.4, 0.5) is 0 Å². The highest BCUT2D eigenvalue weighted by atomic mass is 35.5. The molecule has 29 heavy (non-hydrogen) atoms. The van der Waals surface area contributed by atoms with Gasteiger partial charge >= 0.3 is 0 Å². The minimum atomic E-state index is -0.424. The van der Waals surface area contributed by atoms with Crippen LogP contribution in [-0.2, 0) is 0 Å². The summed E-state index contributed by atoms with van der Waals surface area (Å²) in [7, 11) is 4.43. The van der Waals surface area contributed by atoms with Crippen molar-refractivity contribution in [2.24, 2.45) is 0 Å². The quantitative estimate of drug-likeness (QED) is 0.288. The van der Waals surface area contributed by atoms with E-state index in [9.17, 15) is 5.11 Å². The van der Waals surface area contributed by atoms with Gasteiger partial charge in [-0.1, -0.05) is 89.3 Å². The molecule has 4 heteroatoms. The lowest BCUT2D eigenvalue weighted by molar-refractivity contribution is -0.893. The number of halogens is 1. The molecule has 0 aliphatic carbocycles. The Bertz CT molecular complexity index is 467. The Balaban J connectivity index is 0.00000784. The van der Waals surface area contributed by atoms with Crippen molar-refractivity contribution < 1.29 is 26.7 Å². The number of hydrogen-bond donors (Lipinski definition) is 1. The third-order valence-electron chi connectivity index (χ3n) is 5.51. The largest absolute Gasteiger partial charge is 1.00 e. The fourth-order valence-electron chi connectivity index (χ4n) is 3.80. The predicted octanol–water partition coefficient (Wildman–Crippen LogP) is 3.21. The molecule has 1 aromatic rings. The Hall–Kier alpha value is -0.770. The molecule has 1 rings (SSSR count). The minimum absolute atomic E-state index is 0. The first-order valence-corrected chi connectivity index (χ1v) is 11.7. The first-order chi connectivity index (χ1) is 13.5. The summed E-state index contributed by atoms with van der Waals surface area (Å²) in [4.78, 5) is 0. The molecule has 0 aliphatic rings. The van der Waals surface area contributed by atoms with Crippen molar-refractivity contribution in [1.82, 2.24) is 0 Å². The maximum absolute atomic E-state index is 10.3. The van der Waals surface area contributed by atoms with E-state index in [0.717, 1.165) is 23.3 Å². The molecule has 1 N–H and O–H groups in total. The first kappa shape index (κ1) is 28.2. The molecule has 0 heterocycles. The number of likely N-dealkylation sites (N-methyl/N-ethyl adjacent to an activating group) is 1. The van der Waals surface area contributed by atoms with E-state index in [1.807, 2.05) is 30.3 Å². The first-order valence-electron chi connectivity index (χ1n) is 11.7. The Morgan fingerprint density at radius 1 is 0.793 bits per heavy atom. The van der Waals surface area contributed by atoms with Crippen LogP contribution in [0.25, 0.3) is 0 Å². The number of ether oxygens (including phenoxy) is 1. The second-order valence-electron chi connectivity index (χ2n) is 9.01. The number of para-hydroxylation sites is 1. The van der Waals surface area contributed by atoms with Gasteiger partial charge in [-0.05, 0) is 25.0 Å². The van der Waals surface area contributed by atoms with Gasteiger partial charge in [0, 0.05) is 0 Å². The van der Waals surface area contributed by atoms with Crippen molar-refractivity contribution in [2.75, 3.05) is 33.8 Å². The number of quaternary nitrogens is 1. The summed E-state index contributed by atoms with van der Waals surface area (Å²) in [6, 6.07) is 9.74. The van der Waals surface area contributed by atoms with E-state index in [4.69, 9.17) is 4.74 Å². The highest BCUT2D eigenvalue weighted by Crippen LogP contribution is 2.13. The average molecular weight is 428 g/mol. The van der Waals surface area contributed by atoms with Crippen LogP contribution in [0.1, 0.15) is 84.0 Å². The summed E-state index contributed by atoms with van der Waals surface area (Å²) in [5.74, 6) is 0.827.